The van der Waals surface area contributed by atoms with E-state index in [9.17, 15) is 9.59 Å². The number of ether oxygens (including phenoxy) is 1. The minimum absolute atomic E-state index is 0. The van der Waals surface area contributed by atoms with Crippen molar-refractivity contribution < 1.29 is 14.3 Å². The third-order valence-corrected chi connectivity index (χ3v) is 4.45. The average Bonchev–Trinajstić information content (AvgIpc) is 3.25. The van der Waals surface area contributed by atoms with Gasteiger partial charge in [-0.1, -0.05) is 12.1 Å². The van der Waals surface area contributed by atoms with Gasteiger partial charge in [0.2, 0.25) is 0 Å². The Kier molecular flexibility index (Phi) is 6.76. The second kappa shape index (κ2) is 8.82. The van der Waals surface area contributed by atoms with Gasteiger partial charge in [0, 0.05) is 12.6 Å². The maximum absolute atomic E-state index is 12.6. The predicted octanol–water partition coefficient (Wildman–Crippen LogP) is 2.03. The first-order valence-corrected chi connectivity index (χ1v) is 8.30. The summed E-state index contributed by atoms with van der Waals surface area (Å²) < 4.78 is 6.16. The normalized spacial score (nSPS) is 16.0. The number of aromatic nitrogens is 2. The number of amides is 1. The molecule has 0 spiro atoms. The topological polar surface area (TPSA) is 85.2 Å². The Morgan fingerprint density at radius 3 is 2.92 bits per heavy atom. The lowest BCUT2D eigenvalue weighted by Gasteiger charge is -2.11. The number of anilines is 1. The van der Waals surface area contributed by atoms with Gasteiger partial charge in [-0.05, 0) is 49.5 Å². The van der Waals surface area contributed by atoms with Crippen LogP contribution in [0.4, 0.5) is 5.82 Å². The monoisotopic (exact) mass is 378 g/mol. The highest BCUT2D eigenvalue weighted by Gasteiger charge is 2.20. The molecule has 1 fully saturated rings. The van der Waals surface area contributed by atoms with Crippen LogP contribution in [-0.4, -0.2) is 41.9 Å². The average molecular weight is 379 g/mol. The molecule has 1 amide bonds. The molecule has 2 heterocycles. The molecule has 1 aromatic heterocycles. The molecule has 0 aliphatic carbocycles. The molecule has 0 saturated carbocycles. The highest BCUT2D eigenvalue weighted by molar-refractivity contribution is 6.07. The molecule has 1 saturated heterocycles. The maximum Gasteiger partial charge on any atom is 0.343 e. The number of benzene rings is 1. The minimum atomic E-state index is -0.536. The van der Waals surface area contributed by atoms with E-state index in [2.05, 4.69) is 15.7 Å². The summed E-state index contributed by atoms with van der Waals surface area (Å²) in [7, 11) is 2.95. The number of esters is 1. The number of halogens is 1. The number of carbonyl (C=O) groups is 2. The highest BCUT2D eigenvalue weighted by Crippen LogP contribution is 2.19. The van der Waals surface area contributed by atoms with Gasteiger partial charge in [-0.25, -0.2) is 4.79 Å². The zero-order valence-electron chi connectivity index (χ0n) is 14.8. The zero-order valence-corrected chi connectivity index (χ0v) is 15.6. The van der Waals surface area contributed by atoms with E-state index in [-0.39, 0.29) is 23.9 Å². The fraction of sp³-hybridized carbons (Fsp3) is 0.389. The lowest BCUT2D eigenvalue weighted by molar-refractivity contribution is 0.0602. The summed E-state index contributed by atoms with van der Waals surface area (Å²) in [6, 6.07) is 7.60. The van der Waals surface area contributed by atoms with Crippen LogP contribution in [0.25, 0.3) is 0 Å². The number of hydrogen-bond acceptors (Lipinski definition) is 5. The van der Waals surface area contributed by atoms with E-state index in [4.69, 9.17) is 4.74 Å². The molecule has 1 atom stereocenters. The fourth-order valence-electron chi connectivity index (χ4n) is 3.09. The Morgan fingerprint density at radius 2 is 2.23 bits per heavy atom. The summed E-state index contributed by atoms with van der Waals surface area (Å²) in [4.78, 5) is 24.4. The van der Waals surface area contributed by atoms with Gasteiger partial charge in [0.05, 0.1) is 13.3 Å². The molecule has 140 valence electrons. The number of hydrogen-bond donors (Lipinski definition) is 2. The number of nitrogens with zero attached hydrogens (tertiary/aromatic N) is 2. The van der Waals surface area contributed by atoms with E-state index in [1.54, 1.807) is 13.1 Å². The van der Waals surface area contributed by atoms with E-state index in [1.165, 1.54) is 18.0 Å². The number of nitrogens with one attached hydrogen (secondary N) is 2. The van der Waals surface area contributed by atoms with Gasteiger partial charge in [-0.2, -0.15) is 5.10 Å². The number of rotatable bonds is 5. The van der Waals surface area contributed by atoms with Crippen molar-refractivity contribution in [2.24, 2.45) is 13.0 Å². The lowest BCUT2D eigenvalue weighted by atomic mass is 9.97. The Morgan fingerprint density at radius 1 is 1.42 bits per heavy atom. The van der Waals surface area contributed by atoms with Crippen molar-refractivity contribution in [3.8, 4) is 0 Å². The summed E-state index contributed by atoms with van der Waals surface area (Å²) in [6.07, 6.45) is 3.49. The van der Waals surface area contributed by atoms with Crippen LogP contribution >= 0.6 is 12.4 Å². The van der Waals surface area contributed by atoms with Gasteiger partial charge in [-0.3, -0.25) is 9.48 Å². The van der Waals surface area contributed by atoms with Crippen LogP contribution in [0.2, 0.25) is 0 Å². The molecule has 7 nitrogen and oxygen atoms in total. The molecule has 2 N–H and O–H groups in total. The van der Waals surface area contributed by atoms with Gasteiger partial charge in [0.1, 0.15) is 11.4 Å². The summed E-state index contributed by atoms with van der Waals surface area (Å²) >= 11 is 0. The van der Waals surface area contributed by atoms with E-state index in [0.29, 0.717) is 17.3 Å². The van der Waals surface area contributed by atoms with Crippen LogP contribution in [0.1, 0.15) is 32.7 Å². The molecule has 3 rings (SSSR count). The van der Waals surface area contributed by atoms with Crippen molar-refractivity contribution in [1.29, 1.82) is 0 Å². The Hall–Kier alpha value is -2.38. The SMILES string of the molecule is COC(=O)c1cnn(C)c1NC(=O)c1cccc(CC2CCNC2)c1.Cl. The fourth-order valence-corrected chi connectivity index (χ4v) is 3.09. The van der Waals surface area contributed by atoms with Crippen molar-refractivity contribution in [3.63, 3.8) is 0 Å². The van der Waals surface area contributed by atoms with Crippen LogP contribution in [0.3, 0.4) is 0 Å². The first kappa shape index (κ1) is 19.9. The molecule has 1 aliphatic rings. The smallest absolute Gasteiger partial charge is 0.343 e. The van der Waals surface area contributed by atoms with Crippen molar-refractivity contribution in [3.05, 3.63) is 47.2 Å². The molecular weight excluding hydrogens is 356 g/mol. The zero-order chi connectivity index (χ0) is 17.8. The minimum Gasteiger partial charge on any atom is -0.465 e. The van der Waals surface area contributed by atoms with Gasteiger partial charge >= 0.3 is 5.97 Å². The molecule has 26 heavy (non-hydrogen) atoms. The number of aryl methyl sites for hydroxylation is 1. The number of methoxy groups -OCH3 is 1. The quantitative estimate of drug-likeness (QED) is 0.777. The molecule has 2 aromatic rings. The van der Waals surface area contributed by atoms with Gasteiger partial charge in [-0.15, -0.1) is 12.4 Å². The standard InChI is InChI=1S/C18H22N4O3.ClH/c1-22-16(15(11-20-22)18(24)25-2)21-17(23)14-5-3-4-12(9-14)8-13-6-7-19-10-13;/h3-5,9,11,13,19H,6-8,10H2,1-2H3,(H,21,23);1H. The Balaban J connectivity index is 0.00000243. The van der Waals surface area contributed by atoms with Crippen molar-refractivity contribution >= 4 is 30.1 Å². The Labute approximate surface area is 158 Å². The molecule has 1 unspecified atom stereocenters. The van der Waals surface area contributed by atoms with Crippen molar-refractivity contribution in [2.45, 2.75) is 12.8 Å². The molecule has 8 heteroatoms. The van der Waals surface area contributed by atoms with E-state index in [0.717, 1.165) is 31.5 Å². The van der Waals surface area contributed by atoms with Crippen LogP contribution in [-0.2, 0) is 18.2 Å². The van der Waals surface area contributed by atoms with Crippen LogP contribution in [0, 0.1) is 5.92 Å². The van der Waals surface area contributed by atoms with Gasteiger partial charge in [0.25, 0.3) is 5.91 Å². The van der Waals surface area contributed by atoms with E-state index >= 15 is 0 Å². The summed E-state index contributed by atoms with van der Waals surface area (Å²) in [5, 5.41) is 10.1. The van der Waals surface area contributed by atoms with Gasteiger partial charge < -0.3 is 15.4 Å². The van der Waals surface area contributed by atoms with E-state index in [1.807, 2.05) is 18.2 Å². The molecular formula is C18H23ClN4O3. The second-order valence-corrected chi connectivity index (χ2v) is 6.24. The van der Waals surface area contributed by atoms with Crippen LogP contribution < -0.4 is 10.6 Å². The van der Waals surface area contributed by atoms with E-state index < -0.39 is 5.97 Å². The highest BCUT2D eigenvalue weighted by atomic mass is 35.5. The Bertz CT molecular complexity index is 784. The van der Waals surface area contributed by atoms with Crippen molar-refractivity contribution in [2.75, 3.05) is 25.5 Å². The molecule has 0 radical (unpaired) electrons. The largest absolute Gasteiger partial charge is 0.465 e. The van der Waals surface area contributed by atoms with Crippen molar-refractivity contribution in [1.82, 2.24) is 15.1 Å². The second-order valence-electron chi connectivity index (χ2n) is 6.24. The molecule has 1 aliphatic heterocycles. The summed E-state index contributed by atoms with van der Waals surface area (Å²) in [5.41, 5.74) is 1.92. The first-order chi connectivity index (χ1) is 12.1. The number of carbonyl (C=O) groups excluding carboxylic acids is 2. The van der Waals surface area contributed by atoms with Gasteiger partial charge in [0.15, 0.2) is 0 Å². The predicted molar refractivity (Wildman–Crippen MR) is 101 cm³/mol. The third kappa shape index (κ3) is 4.42. The lowest BCUT2D eigenvalue weighted by Crippen LogP contribution is -2.17. The first-order valence-electron chi connectivity index (χ1n) is 8.30. The maximum atomic E-state index is 12.6. The molecule has 1 aromatic carbocycles. The molecule has 0 bridgehead atoms. The van der Waals surface area contributed by atoms with Crippen LogP contribution in [0.15, 0.2) is 30.5 Å². The van der Waals surface area contributed by atoms with Crippen LogP contribution in [0.5, 0.6) is 0 Å². The summed E-state index contributed by atoms with van der Waals surface area (Å²) in [6.45, 7) is 2.08. The summed E-state index contributed by atoms with van der Waals surface area (Å²) in [5.74, 6) is 0.120. The third-order valence-electron chi connectivity index (χ3n) is 4.45.